The van der Waals surface area contributed by atoms with E-state index in [1.165, 1.54) is 60.7 Å². The van der Waals surface area contributed by atoms with E-state index in [0.29, 0.717) is 19.3 Å². The minimum Gasteiger partial charge on any atom is -0.460 e. The molecule has 3 aromatic rings. The first kappa shape index (κ1) is 35.3. The van der Waals surface area contributed by atoms with Gasteiger partial charge >= 0.3 is 28.8 Å². The van der Waals surface area contributed by atoms with E-state index < -0.39 is 64.1 Å². The number of carbonyl (C=O) groups is 3. The van der Waals surface area contributed by atoms with Crippen LogP contribution in [0, 0.1) is 17.0 Å². The zero-order valence-electron chi connectivity index (χ0n) is 26.6. The zero-order chi connectivity index (χ0) is 35.0. The number of hydrogen-bond donors (Lipinski definition) is 1. The van der Waals surface area contributed by atoms with Gasteiger partial charge in [-0.25, -0.2) is 22.8 Å². The number of cyclic esters (lactones) is 1. The second-order valence-electron chi connectivity index (χ2n) is 11.7. The van der Waals surface area contributed by atoms with Crippen molar-refractivity contribution in [3.8, 4) is 5.88 Å². The van der Waals surface area contributed by atoms with Crippen molar-refractivity contribution in [2.45, 2.75) is 67.3 Å². The third-order valence-electron chi connectivity index (χ3n) is 8.18. The highest BCUT2D eigenvalue weighted by Gasteiger charge is 2.39. The minimum absolute atomic E-state index is 0.105. The number of hydrogen-bond acceptors (Lipinski definition) is 13. The lowest BCUT2D eigenvalue weighted by molar-refractivity contribution is -0.832. The van der Waals surface area contributed by atoms with Crippen molar-refractivity contribution in [3.05, 3.63) is 95.2 Å². The van der Waals surface area contributed by atoms with Crippen LogP contribution in [0.25, 0.3) is 0 Å². The van der Waals surface area contributed by atoms with E-state index in [9.17, 15) is 33.1 Å². The summed E-state index contributed by atoms with van der Waals surface area (Å²) in [6.45, 7) is 0.977. The largest absolute Gasteiger partial charge is 0.460 e. The first-order valence-corrected chi connectivity index (χ1v) is 17.3. The molecule has 0 saturated heterocycles. The molecule has 15 heteroatoms. The lowest BCUT2D eigenvalue weighted by Gasteiger charge is -2.25. The molecule has 0 amide bonds. The van der Waals surface area contributed by atoms with Crippen molar-refractivity contribution >= 4 is 27.7 Å². The molecule has 0 unspecified atom stereocenters. The molecule has 1 fully saturated rings. The van der Waals surface area contributed by atoms with Gasteiger partial charge in [-0.3, -0.25) is 4.63 Å². The van der Waals surface area contributed by atoms with Crippen molar-refractivity contribution in [2.75, 3.05) is 13.2 Å². The highest BCUT2D eigenvalue weighted by atomic mass is 32.2. The number of benzene rings is 2. The molecular weight excluding hydrogens is 660 g/mol. The van der Waals surface area contributed by atoms with Crippen molar-refractivity contribution in [1.82, 2.24) is 5.16 Å². The minimum atomic E-state index is -4.35. The summed E-state index contributed by atoms with van der Waals surface area (Å²) in [5.41, 5.74) is -0.227. The van der Waals surface area contributed by atoms with E-state index in [-0.39, 0.29) is 38.9 Å². The Balaban J connectivity index is 1.26. The average molecular weight is 697 g/mol. The van der Waals surface area contributed by atoms with E-state index in [2.05, 4.69) is 9.79 Å². The fourth-order valence-corrected chi connectivity index (χ4v) is 7.12. The van der Waals surface area contributed by atoms with Crippen LogP contribution in [0.15, 0.2) is 93.5 Å². The van der Waals surface area contributed by atoms with Gasteiger partial charge in [0.25, 0.3) is 9.84 Å². The van der Waals surface area contributed by atoms with Gasteiger partial charge in [-0.05, 0) is 80.2 Å². The predicted molar refractivity (Wildman–Crippen MR) is 169 cm³/mol. The van der Waals surface area contributed by atoms with Crippen LogP contribution in [0.3, 0.4) is 0 Å². The van der Waals surface area contributed by atoms with Crippen LogP contribution in [0.1, 0.15) is 59.7 Å². The summed E-state index contributed by atoms with van der Waals surface area (Å²) in [7, 11) is -4.35. The van der Waals surface area contributed by atoms with Crippen LogP contribution in [0.4, 0.5) is 0 Å². The molecule has 1 saturated carbocycles. The molecule has 260 valence electrons. The van der Waals surface area contributed by atoms with Crippen LogP contribution in [-0.4, -0.2) is 68.1 Å². The van der Waals surface area contributed by atoms with Crippen molar-refractivity contribution in [2.24, 2.45) is 11.8 Å². The van der Waals surface area contributed by atoms with Gasteiger partial charge in [-0.2, -0.15) is 0 Å². The predicted octanol–water partition coefficient (Wildman–Crippen LogP) is 3.52. The fourth-order valence-electron chi connectivity index (χ4n) is 5.82. The molecule has 1 aromatic heterocycles. The van der Waals surface area contributed by atoms with Gasteiger partial charge in [0.2, 0.25) is 0 Å². The number of esters is 3. The van der Waals surface area contributed by atoms with E-state index in [0.717, 1.165) is 12.8 Å². The number of sulfone groups is 1. The Morgan fingerprint density at radius 2 is 1.73 bits per heavy atom. The van der Waals surface area contributed by atoms with Crippen molar-refractivity contribution in [3.63, 3.8) is 0 Å². The summed E-state index contributed by atoms with van der Waals surface area (Å²) in [6.07, 6.45) is 7.97. The number of ether oxygens (including phenoxy) is 4. The molecular formula is C34H36N2O12S. The normalized spacial score (nSPS) is 24.2. The van der Waals surface area contributed by atoms with Gasteiger partial charge < -0.3 is 29.3 Å². The number of aliphatic hydroxyl groups excluding tert-OH is 1. The SMILES string of the molecule is C[C@H]1CCC/C=C/[C@@H]2C[C@H](O)C[C@H]2[C@H](OC(=O)c2ccccc2C(=O)OCCOc2no[n+]([O-])c2S(=O)(=O)c2ccccc2)/C=C/C(=O)O1. The average Bonchev–Trinajstić information content (AvgIpc) is 3.66. The Morgan fingerprint density at radius 1 is 1.02 bits per heavy atom. The second kappa shape index (κ2) is 15.9. The number of aromatic nitrogens is 2. The lowest BCUT2D eigenvalue weighted by Crippen LogP contribution is -2.31. The third-order valence-corrected chi connectivity index (χ3v) is 9.91. The van der Waals surface area contributed by atoms with Crippen molar-refractivity contribution < 1.29 is 56.4 Å². The van der Waals surface area contributed by atoms with Crippen LogP contribution < -0.4 is 9.64 Å². The first-order chi connectivity index (χ1) is 23.5. The highest BCUT2D eigenvalue weighted by Crippen LogP contribution is 2.38. The van der Waals surface area contributed by atoms with Gasteiger partial charge in [-0.1, -0.05) is 42.5 Å². The van der Waals surface area contributed by atoms with E-state index in [1.807, 2.05) is 19.1 Å². The van der Waals surface area contributed by atoms with Crippen LogP contribution in [0.2, 0.25) is 0 Å². The third kappa shape index (κ3) is 8.72. The Labute approximate surface area is 282 Å². The zero-order valence-corrected chi connectivity index (χ0v) is 27.4. The van der Waals surface area contributed by atoms with Crippen LogP contribution in [-0.2, 0) is 28.8 Å². The Bertz CT molecular complexity index is 1800. The molecule has 5 rings (SSSR count). The standard InChI is InChI=1S/C34H36N2O12S/c1-22-10-4-2-5-11-23-20-24(37)21-28(23)29(16-17-30(38)46-22)47-34(40)27-15-9-8-14-26(27)33(39)45-19-18-44-31-32(36(41)48-35-31)49(42,43)25-12-6-3-7-13-25/h3,5-9,11-17,22-24,28-29,37H,2,4,10,18-21H2,1H3/b11-5+,17-16+/t22-,23+,24-,28+,29+/m0/s1. The van der Waals surface area contributed by atoms with Crippen LogP contribution in [0.5, 0.6) is 5.88 Å². The van der Waals surface area contributed by atoms with Crippen LogP contribution >= 0.6 is 0 Å². The quantitative estimate of drug-likeness (QED) is 0.112. The van der Waals surface area contributed by atoms with E-state index in [1.54, 1.807) is 6.07 Å². The summed E-state index contributed by atoms with van der Waals surface area (Å²) in [5, 5.41) is 25.1. The summed E-state index contributed by atoms with van der Waals surface area (Å²) in [5.74, 6) is -3.42. The molecule has 1 N–H and O–H groups in total. The molecule has 2 aromatic carbocycles. The maximum Gasteiger partial charge on any atom is 0.415 e. The van der Waals surface area contributed by atoms with Gasteiger partial charge in [0, 0.05) is 12.0 Å². The summed E-state index contributed by atoms with van der Waals surface area (Å²) in [6, 6.07) is 13.0. The first-order valence-electron chi connectivity index (χ1n) is 15.8. The molecule has 1 aliphatic carbocycles. The molecule has 1 aliphatic heterocycles. The van der Waals surface area contributed by atoms with Gasteiger partial charge in [-0.15, -0.1) is 0 Å². The van der Waals surface area contributed by atoms with Crippen molar-refractivity contribution in [1.29, 1.82) is 0 Å². The molecule has 14 nitrogen and oxygen atoms in total. The molecule has 2 aliphatic rings. The molecule has 0 spiro atoms. The number of allylic oxidation sites excluding steroid dienone is 2. The maximum absolute atomic E-state index is 13.5. The number of carbonyl (C=O) groups excluding carboxylic acids is 3. The second-order valence-corrected chi connectivity index (χ2v) is 13.5. The Kier molecular flexibility index (Phi) is 11.5. The molecule has 0 radical (unpaired) electrons. The summed E-state index contributed by atoms with van der Waals surface area (Å²) < 4.78 is 52.3. The number of nitrogens with zero attached hydrogens (tertiary/aromatic N) is 2. The van der Waals surface area contributed by atoms with Gasteiger partial charge in [0.15, 0.2) is 0 Å². The molecule has 2 heterocycles. The Morgan fingerprint density at radius 3 is 2.49 bits per heavy atom. The number of rotatable bonds is 9. The van der Waals surface area contributed by atoms with E-state index >= 15 is 0 Å². The Hall–Kier alpha value is -5.02. The maximum atomic E-state index is 13.5. The topological polar surface area (TPSA) is 195 Å². The van der Waals surface area contributed by atoms with Gasteiger partial charge in [0.05, 0.1) is 33.4 Å². The highest BCUT2D eigenvalue weighted by molar-refractivity contribution is 7.91. The summed E-state index contributed by atoms with van der Waals surface area (Å²) in [4.78, 5) is 38.7. The van der Waals surface area contributed by atoms with E-state index in [4.69, 9.17) is 18.9 Å². The molecule has 49 heavy (non-hydrogen) atoms. The number of fused-ring (bicyclic) bond motifs is 1. The molecule has 0 bridgehead atoms. The van der Waals surface area contributed by atoms with Gasteiger partial charge in [0.1, 0.15) is 19.3 Å². The monoisotopic (exact) mass is 696 g/mol. The fraction of sp³-hybridized carbons (Fsp3) is 0.382. The number of aliphatic hydroxyl groups is 1. The summed E-state index contributed by atoms with van der Waals surface area (Å²) >= 11 is 0. The smallest absolute Gasteiger partial charge is 0.415 e. The molecule has 5 atom stereocenters. The lowest BCUT2D eigenvalue weighted by atomic mass is 9.89.